The van der Waals surface area contributed by atoms with Crippen LogP contribution in [0.1, 0.15) is 20.8 Å². The Kier molecular flexibility index (Phi) is 4.29. The summed E-state index contributed by atoms with van der Waals surface area (Å²) in [6.45, 7) is 9.12. The molecule has 10 heavy (non-hydrogen) atoms. The lowest BCUT2D eigenvalue weighted by Gasteiger charge is -2.04. The minimum atomic E-state index is -0.285. The van der Waals surface area contributed by atoms with E-state index in [0.29, 0.717) is 11.2 Å². The second-order valence-corrected chi connectivity index (χ2v) is 4.04. The molecule has 0 heterocycles. The van der Waals surface area contributed by atoms with Crippen molar-refractivity contribution in [2.24, 2.45) is 0 Å². The van der Waals surface area contributed by atoms with Gasteiger partial charge in [0.2, 0.25) is 0 Å². The first-order valence-corrected chi connectivity index (χ1v) is 4.14. The summed E-state index contributed by atoms with van der Waals surface area (Å²) in [5.74, 6) is -0.285. The summed E-state index contributed by atoms with van der Waals surface area (Å²) in [7, 11) is 0.251. The molecule has 58 valence electrons. The largest absolute Gasteiger partial charge is 0.445 e. The van der Waals surface area contributed by atoms with Gasteiger partial charge in [0.25, 0.3) is 0 Å². The maximum Gasteiger partial charge on any atom is 0.335 e. The molecule has 0 amide bonds. The third kappa shape index (κ3) is 4.51. The van der Waals surface area contributed by atoms with E-state index in [-0.39, 0.29) is 14.8 Å². The highest BCUT2D eigenvalue weighted by Crippen LogP contribution is 2.20. The SMILES string of the molecule is C=C(C)C(=O)OPC(C)C. The molecule has 0 aromatic heterocycles. The molecule has 0 aliphatic rings. The molecule has 0 N–H and O–H groups in total. The second-order valence-electron chi connectivity index (χ2n) is 2.44. The standard InChI is InChI=1S/C7H13O2P/c1-5(2)7(8)9-10-6(3)4/h6,10H,1H2,2-4H3. The van der Waals surface area contributed by atoms with Crippen LogP contribution in [0.15, 0.2) is 12.2 Å². The maximum atomic E-state index is 10.7. The van der Waals surface area contributed by atoms with Crippen molar-refractivity contribution in [2.75, 3.05) is 0 Å². The van der Waals surface area contributed by atoms with Crippen molar-refractivity contribution in [3.63, 3.8) is 0 Å². The van der Waals surface area contributed by atoms with Crippen LogP contribution >= 0.6 is 8.81 Å². The van der Waals surface area contributed by atoms with Crippen LogP contribution in [0.3, 0.4) is 0 Å². The monoisotopic (exact) mass is 160 g/mol. The van der Waals surface area contributed by atoms with Crippen LogP contribution in [0.4, 0.5) is 0 Å². The molecule has 0 aromatic carbocycles. The Bertz CT molecular complexity index is 141. The lowest BCUT2D eigenvalue weighted by Crippen LogP contribution is -1.99. The zero-order valence-corrected chi connectivity index (χ0v) is 7.60. The predicted octanol–water partition coefficient (Wildman–Crippen LogP) is 2.11. The van der Waals surface area contributed by atoms with Gasteiger partial charge in [0.1, 0.15) is 0 Å². The van der Waals surface area contributed by atoms with E-state index in [9.17, 15) is 4.79 Å². The van der Waals surface area contributed by atoms with Crippen molar-refractivity contribution in [1.82, 2.24) is 0 Å². The molecule has 0 fully saturated rings. The van der Waals surface area contributed by atoms with Crippen molar-refractivity contribution < 1.29 is 9.32 Å². The van der Waals surface area contributed by atoms with Gasteiger partial charge in [-0.05, 0) is 6.92 Å². The van der Waals surface area contributed by atoms with E-state index >= 15 is 0 Å². The number of carbonyl (C=O) groups excluding carboxylic acids is 1. The van der Waals surface area contributed by atoms with Crippen molar-refractivity contribution >= 4 is 14.8 Å². The Labute approximate surface area is 63.5 Å². The first-order chi connectivity index (χ1) is 4.54. The molecule has 0 spiro atoms. The summed E-state index contributed by atoms with van der Waals surface area (Å²) >= 11 is 0. The molecule has 0 aliphatic carbocycles. The lowest BCUT2D eigenvalue weighted by molar-refractivity contribution is -0.129. The van der Waals surface area contributed by atoms with E-state index in [1.54, 1.807) is 6.92 Å². The summed E-state index contributed by atoms with van der Waals surface area (Å²) in [6.07, 6.45) is 0. The summed E-state index contributed by atoms with van der Waals surface area (Å²) in [5, 5.41) is 0. The molecule has 0 bridgehead atoms. The maximum absolute atomic E-state index is 10.7. The van der Waals surface area contributed by atoms with Gasteiger partial charge in [-0.25, -0.2) is 4.79 Å². The molecule has 1 unspecified atom stereocenters. The summed E-state index contributed by atoms with van der Waals surface area (Å²) < 4.78 is 4.85. The molecule has 0 saturated heterocycles. The van der Waals surface area contributed by atoms with Crippen molar-refractivity contribution in [3.8, 4) is 0 Å². The lowest BCUT2D eigenvalue weighted by atomic mass is 10.4. The Balaban J connectivity index is 3.50. The molecular weight excluding hydrogens is 147 g/mol. The van der Waals surface area contributed by atoms with Crippen LogP contribution in [0.2, 0.25) is 0 Å². The highest BCUT2D eigenvalue weighted by molar-refractivity contribution is 7.33. The van der Waals surface area contributed by atoms with Crippen LogP contribution < -0.4 is 0 Å². The van der Waals surface area contributed by atoms with Crippen LogP contribution in [0.25, 0.3) is 0 Å². The topological polar surface area (TPSA) is 26.3 Å². The number of rotatable bonds is 3. The number of carbonyl (C=O) groups is 1. The van der Waals surface area contributed by atoms with Crippen molar-refractivity contribution in [1.29, 1.82) is 0 Å². The fourth-order valence-corrected chi connectivity index (χ4v) is 0.775. The zero-order chi connectivity index (χ0) is 8.15. The van der Waals surface area contributed by atoms with Gasteiger partial charge in [0.15, 0.2) is 0 Å². The van der Waals surface area contributed by atoms with Crippen molar-refractivity contribution in [3.05, 3.63) is 12.2 Å². The fraction of sp³-hybridized carbons (Fsp3) is 0.571. The van der Waals surface area contributed by atoms with Gasteiger partial charge in [-0.15, -0.1) is 0 Å². The van der Waals surface area contributed by atoms with E-state index in [1.165, 1.54) is 0 Å². The highest BCUT2D eigenvalue weighted by Gasteiger charge is 2.03. The van der Waals surface area contributed by atoms with Gasteiger partial charge in [-0.1, -0.05) is 20.4 Å². The molecule has 3 heteroatoms. The van der Waals surface area contributed by atoms with Crippen molar-refractivity contribution in [2.45, 2.75) is 26.4 Å². The fourth-order valence-electron chi connectivity index (χ4n) is 0.258. The zero-order valence-electron chi connectivity index (χ0n) is 6.60. The summed E-state index contributed by atoms with van der Waals surface area (Å²) in [4.78, 5) is 10.7. The predicted molar refractivity (Wildman–Crippen MR) is 44.4 cm³/mol. The molecule has 0 aromatic rings. The average molecular weight is 160 g/mol. The molecular formula is C7H13O2P. The highest BCUT2D eigenvalue weighted by atomic mass is 31.1. The number of hydrogen-bond donors (Lipinski definition) is 0. The molecule has 0 radical (unpaired) electrons. The molecule has 2 nitrogen and oxygen atoms in total. The first kappa shape index (κ1) is 9.64. The van der Waals surface area contributed by atoms with Gasteiger partial charge >= 0.3 is 5.97 Å². The first-order valence-electron chi connectivity index (χ1n) is 3.16. The quantitative estimate of drug-likeness (QED) is 0.467. The Hall–Kier alpha value is -0.360. The van der Waals surface area contributed by atoms with Crippen LogP contribution in [0, 0.1) is 0 Å². The summed E-state index contributed by atoms with van der Waals surface area (Å²) in [5.41, 5.74) is 0.886. The van der Waals surface area contributed by atoms with E-state index in [1.807, 2.05) is 13.8 Å². The normalized spacial score (nSPS) is 10.8. The van der Waals surface area contributed by atoms with Gasteiger partial charge < -0.3 is 4.52 Å². The van der Waals surface area contributed by atoms with E-state index in [0.717, 1.165) is 0 Å². The minimum absolute atomic E-state index is 0.251. The molecule has 0 aliphatic heterocycles. The van der Waals surface area contributed by atoms with Gasteiger partial charge in [-0.2, -0.15) is 0 Å². The van der Waals surface area contributed by atoms with Gasteiger partial charge in [0.05, 0.1) is 8.81 Å². The third-order valence-electron chi connectivity index (χ3n) is 0.736. The van der Waals surface area contributed by atoms with E-state index in [4.69, 9.17) is 4.52 Å². The third-order valence-corrected chi connectivity index (χ3v) is 1.51. The summed E-state index contributed by atoms with van der Waals surface area (Å²) in [6, 6.07) is 0. The second kappa shape index (κ2) is 4.45. The Morgan fingerprint density at radius 3 is 2.40 bits per heavy atom. The van der Waals surface area contributed by atoms with Crippen LogP contribution in [-0.2, 0) is 9.32 Å². The van der Waals surface area contributed by atoms with E-state index in [2.05, 4.69) is 6.58 Å². The molecule has 0 saturated carbocycles. The Morgan fingerprint density at radius 1 is 1.60 bits per heavy atom. The van der Waals surface area contributed by atoms with Crippen LogP contribution in [-0.4, -0.2) is 11.6 Å². The Morgan fingerprint density at radius 2 is 2.10 bits per heavy atom. The van der Waals surface area contributed by atoms with Gasteiger partial charge in [0, 0.05) is 11.2 Å². The molecule has 0 rings (SSSR count). The van der Waals surface area contributed by atoms with E-state index < -0.39 is 0 Å². The minimum Gasteiger partial charge on any atom is -0.445 e. The molecule has 1 atom stereocenters. The average Bonchev–Trinajstić information content (AvgIpc) is 1.82. The van der Waals surface area contributed by atoms with Gasteiger partial charge in [-0.3, -0.25) is 0 Å². The van der Waals surface area contributed by atoms with Crippen LogP contribution in [0.5, 0.6) is 0 Å². The smallest absolute Gasteiger partial charge is 0.335 e. The number of hydrogen-bond acceptors (Lipinski definition) is 2.